The lowest BCUT2D eigenvalue weighted by Crippen LogP contribution is -2.62. The van der Waals surface area contributed by atoms with Crippen molar-refractivity contribution in [1.29, 1.82) is 0 Å². The Bertz CT molecular complexity index is 1780. The summed E-state index contributed by atoms with van der Waals surface area (Å²) in [6.07, 6.45) is 10.2. The minimum atomic E-state index is -1.07. The molecule has 8 aliphatic rings. The van der Waals surface area contributed by atoms with Gasteiger partial charge in [0.25, 0.3) is 0 Å². The molecule has 8 aliphatic carbocycles. The zero-order chi connectivity index (χ0) is 47.0. The highest BCUT2D eigenvalue weighted by molar-refractivity contribution is 5.82. The lowest BCUT2D eigenvalue weighted by atomic mass is 9.43. The first-order valence-electron chi connectivity index (χ1n) is 26.0. The summed E-state index contributed by atoms with van der Waals surface area (Å²) < 4.78 is 6.01. The van der Waals surface area contributed by atoms with E-state index in [4.69, 9.17) is 9.84 Å². The van der Waals surface area contributed by atoms with Gasteiger partial charge in [-0.05, 0) is 195 Å². The van der Waals surface area contributed by atoms with E-state index in [-0.39, 0.29) is 136 Å². The number of amides is 2. The van der Waals surface area contributed by atoms with Crippen LogP contribution in [0.5, 0.6) is 0 Å². The number of hydrogen-bond acceptors (Lipinski definition) is 10. The van der Waals surface area contributed by atoms with Crippen molar-refractivity contribution in [2.24, 2.45) is 92.7 Å². The molecule has 368 valence electrons. The third-order valence-corrected chi connectivity index (χ3v) is 21.8. The Morgan fingerprint density at radius 3 is 1.54 bits per heavy atom. The summed E-state index contributed by atoms with van der Waals surface area (Å²) in [5.74, 6) is 0.120. The monoisotopic (exact) mass is 913 g/mol. The van der Waals surface area contributed by atoms with Crippen LogP contribution in [-0.4, -0.2) is 104 Å². The number of esters is 1. The molecule has 22 atom stereocenters. The second kappa shape index (κ2) is 18.5. The topological polar surface area (TPSA) is 223 Å². The predicted molar refractivity (Wildman–Crippen MR) is 242 cm³/mol. The van der Waals surface area contributed by atoms with Gasteiger partial charge in [-0.15, -0.1) is 0 Å². The van der Waals surface area contributed by atoms with E-state index in [1.54, 1.807) is 0 Å². The van der Waals surface area contributed by atoms with Gasteiger partial charge in [0.15, 0.2) is 0 Å². The highest BCUT2D eigenvalue weighted by Gasteiger charge is 2.67. The number of carboxylic acid groups (broad SMARTS) is 1. The van der Waals surface area contributed by atoms with Crippen molar-refractivity contribution in [1.82, 2.24) is 10.6 Å². The van der Waals surface area contributed by atoms with Crippen LogP contribution < -0.4 is 10.6 Å². The van der Waals surface area contributed by atoms with Crippen LogP contribution in [0.3, 0.4) is 0 Å². The summed E-state index contributed by atoms with van der Waals surface area (Å²) >= 11 is 0. The van der Waals surface area contributed by atoms with Crippen molar-refractivity contribution in [3.63, 3.8) is 0 Å². The quantitative estimate of drug-likeness (QED) is 0.106. The van der Waals surface area contributed by atoms with E-state index in [0.29, 0.717) is 44.9 Å². The van der Waals surface area contributed by atoms with Gasteiger partial charge in [0.2, 0.25) is 11.8 Å². The number of hydrogen-bond donors (Lipinski definition) is 8. The Morgan fingerprint density at radius 2 is 1.05 bits per heavy atom. The number of aliphatic hydroxyl groups is 5. The molecule has 5 unspecified atom stereocenters. The van der Waals surface area contributed by atoms with Crippen LogP contribution in [0.25, 0.3) is 0 Å². The molecule has 0 spiro atoms. The average Bonchev–Trinajstić information content (AvgIpc) is 3.80. The van der Waals surface area contributed by atoms with Crippen LogP contribution in [0, 0.1) is 92.7 Å². The molecule has 0 aromatic carbocycles. The molecule has 65 heavy (non-hydrogen) atoms. The van der Waals surface area contributed by atoms with Gasteiger partial charge in [0, 0.05) is 12.8 Å². The molecule has 8 saturated carbocycles. The maximum atomic E-state index is 13.2. The summed E-state index contributed by atoms with van der Waals surface area (Å²) in [6.45, 7) is 12.8. The van der Waals surface area contributed by atoms with Gasteiger partial charge in [-0.2, -0.15) is 0 Å². The van der Waals surface area contributed by atoms with Crippen LogP contribution in [0.15, 0.2) is 0 Å². The molecule has 8 fully saturated rings. The first-order valence-corrected chi connectivity index (χ1v) is 26.0. The molecular formula is C52H84N2O11. The van der Waals surface area contributed by atoms with E-state index in [0.717, 1.165) is 57.8 Å². The number of carbonyl (C=O) groups excluding carboxylic acids is 3. The minimum Gasteiger partial charge on any atom is -0.480 e. The fourth-order valence-corrected chi connectivity index (χ4v) is 18.2. The van der Waals surface area contributed by atoms with Crippen molar-refractivity contribution in [3.8, 4) is 0 Å². The Kier molecular flexibility index (Phi) is 14.0. The molecule has 2 amide bonds. The number of aliphatic carboxylic acids is 1. The lowest BCUT2D eigenvalue weighted by molar-refractivity contribution is -0.209. The molecule has 0 saturated heterocycles. The second-order valence-corrected chi connectivity index (χ2v) is 24.5. The van der Waals surface area contributed by atoms with Gasteiger partial charge in [0.1, 0.15) is 19.2 Å². The van der Waals surface area contributed by atoms with Crippen LogP contribution >= 0.6 is 0 Å². The van der Waals surface area contributed by atoms with Gasteiger partial charge >= 0.3 is 11.9 Å². The van der Waals surface area contributed by atoms with Crippen molar-refractivity contribution in [2.45, 2.75) is 194 Å². The third kappa shape index (κ3) is 8.62. The van der Waals surface area contributed by atoms with Crippen molar-refractivity contribution in [3.05, 3.63) is 0 Å². The normalized spacial score (nSPS) is 48.5. The summed E-state index contributed by atoms with van der Waals surface area (Å²) in [6, 6.07) is 0. The number of aliphatic hydroxyl groups excluding tert-OH is 5. The van der Waals surface area contributed by atoms with Crippen molar-refractivity contribution < 1.29 is 54.6 Å². The Balaban J connectivity index is 0.799. The lowest BCUT2D eigenvalue weighted by Gasteiger charge is -2.63. The molecule has 8 N–H and O–H groups in total. The van der Waals surface area contributed by atoms with E-state index in [9.17, 15) is 44.7 Å². The Morgan fingerprint density at radius 1 is 0.585 bits per heavy atom. The first-order chi connectivity index (χ1) is 30.6. The van der Waals surface area contributed by atoms with Crippen molar-refractivity contribution in [2.75, 3.05) is 13.1 Å². The smallest absolute Gasteiger partial charge is 0.325 e. The number of rotatable bonds is 13. The maximum absolute atomic E-state index is 13.2. The largest absolute Gasteiger partial charge is 0.480 e. The maximum Gasteiger partial charge on any atom is 0.325 e. The van der Waals surface area contributed by atoms with Crippen LogP contribution in [0.2, 0.25) is 0 Å². The molecule has 0 aliphatic heterocycles. The summed E-state index contributed by atoms with van der Waals surface area (Å²) in [7, 11) is 0. The van der Waals surface area contributed by atoms with Gasteiger partial charge < -0.3 is 46.0 Å². The zero-order valence-corrected chi connectivity index (χ0v) is 40.3. The van der Waals surface area contributed by atoms with E-state index < -0.39 is 42.9 Å². The number of nitrogens with one attached hydrogen (secondary N) is 2. The van der Waals surface area contributed by atoms with Crippen LogP contribution in [-0.2, 0) is 23.9 Å². The van der Waals surface area contributed by atoms with Crippen LogP contribution in [0.4, 0.5) is 0 Å². The summed E-state index contributed by atoms with van der Waals surface area (Å²) in [5, 5.41) is 72.2. The van der Waals surface area contributed by atoms with Crippen molar-refractivity contribution >= 4 is 23.8 Å². The highest BCUT2D eigenvalue weighted by atomic mass is 16.5. The van der Waals surface area contributed by atoms with Gasteiger partial charge in [0.05, 0.1) is 30.5 Å². The van der Waals surface area contributed by atoms with Gasteiger partial charge in [-0.25, -0.2) is 0 Å². The SMILES string of the molecule is C[C@H](CCC(=O)NCC(=O)O[C@@H]1CC[C@@]2(C)C(C1)C[C@@H](O)[C@H]1[C@@H]3CC[C@H]([C@H](C)CCC(=O)NCC(=O)O)[C@@]3(C)[C@@H](O)C[C@@H]12)[C@H]1CCC2C3C(C[C@H](O)[C@@]21C)[C@@]1(C)CC[C@@H](O)CC1C[C@H]3O. The fourth-order valence-electron chi connectivity index (χ4n) is 18.2. The number of carboxylic acids is 1. The molecular weight excluding hydrogens is 829 g/mol. The summed E-state index contributed by atoms with van der Waals surface area (Å²) in [5.41, 5.74) is -0.818. The molecule has 0 radical (unpaired) electrons. The second-order valence-electron chi connectivity index (χ2n) is 24.5. The highest BCUT2D eigenvalue weighted by Crippen LogP contribution is 2.70. The molecule has 8 rings (SSSR count). The van der Waals surface area contributed by atoms with Gasteiger partial charge in [-0.3, -0.25) is 19.2 Å². The average molecular weight is 913 g/mol. The standard InChI is InChI=1S/C52H84N2O11/c1-27(7-13-43(60)53-25-45(62)63)33-10-12-36-48-38(24-42(59)52(33,36)6)50(4)18-16-32(20-30(50)22-40(48)57)65-46(64)26-54-44(61)14-8-28(2)34-9-11-35-47-37(23-41(58)51(34,35)5)49(3)17-15-31(55)19-29(49)21-39(47)56/h27-42,47-48,55-59H,7-26H2,1-6H3,(H,53,60)(H,54,61)(H,62,63)/t27-,28-,29?,30?,31-,32-,33-,34-,35?,36+,37?,38+,39-,40-,41+,42+,47?,48+,49+,50+,51-,52-/m1/s1. The first kappa shape index (κ1) is 49.1. The van der Waals surface area contributed by atoms with E-state index in [1.165, 1.54) is 0 Å². The Hall–Kier alpha value is -2.32. The fraction of sp³-hybridized carbons (Fsp3) is 0.923. The Labute approximate surface area is 387 Å². The van der Waals surface area contributed by atoms with E-state index in [2.05, 4.69) is 52.2 Å². The third-order valence-electron chi connectivity index (χ3n) is 21.8. The molecule has 13 heteroatoms. The van der Waals surface area contributed by atoms with Gasteiger partial charge in [-0.1, -0.05) is 41.5 Å². The predicted octanol–water partition coefficient (Wildman–Crippen LogP) is 5.61. The summed E-state index contributed by atoms with van der Waals surface area (Å²) in [4.78, 5) is 49.6. The zero-order valence-electron chi connectivity index (χ0n) is 40.3. The van der Waals surface area contributed by atoms with E-state index >= 15 is 0 Å². The molecule has 0 aromatic rings. The van der Waals surface area contributed by atoms with E-state index in [1.807, 2.05) is 0 Å². The minimum absolute atomic E-state index is 0.0240. The molecule has 0 aromatic heterocycles. The number of ether oxygens (including phenoxy) is 1. The number of carbonyl (C=O) groups is 4. The molecule has 0 bridgehead atoms. The molecule has 0 heterocycles. The van der Waals surface area contributed by atoms with Crippen LogP contribution in [0.1, 0.15) is 157 Å². The molecule has 13 nitrogen and oxygen atoms in total. The number of fused-ring (bicyclic) bond motifs is 10.